The zero-order valence-electron chi connectivity index (χ0n) is 17.0. The molecule has 0 aliphatic carbocycles. The van der Waals surface area contributed by atoms with Crippen LogP contribution in [0.2, 0.25) is 5.02 Å². The standard InChI is InChI=1S/C21H22ClN5OS/c1-6-16-11(2)19(22)15-9-14(7-8-17(15)25-16)21(28,18-10-23-26-27(18)5)20-12(3)24-13(4)29-20/h7-10,28H,6H2,1-5H3. The molecule has 0 amide bonds. The smallest absolute Gasteiger partial charge is 0.169 e. The van der Waals surface area contributed by atoms with E-state index >= 15 is 0 Å². The highest BCUT2D eigenvalue weighted by Gasteiger charge is 2.40. The highest BCUT2D eigenvalue weighted by Crippen LogP contribution is 2.42. The number of halogens is 1. The quantitative estimate of drug-likeness (QED) is 0.527. The number of aromatic nitrogens is 5. The lowest BCUT2D eigenvalue weighted by molar-refractivity contribution is 0.119. The molecule has 1 aromatic carbocycles. The molecule has 150 valence electrons. The van der Waals surface area contributed by atoms with E-state index in [1.807, 2.05) is 39.0 Å². The van der Waals surface area contributed by atoms with E-state index in [1.165, 1.54) is 11.3 Å². The Labute approximate surface area is 178 Å². The number of hydrogen-bond donors (Lipinski definition) is 1. The first kappa shape index (κ1) is 19.9. The number of benzene rings is 1. The molecule has 4 aromatic rings. The average Bonchev–Trinajstić information content (AvgIpc) is 3.28. The van der Waals surface area contributed by atoms with Gasteiger partial charge >= 0.3 is 0 Å². The second kappa shape index (κ2) is 7.16. The first-order valence-corrected chi connectivity index (χ1v) is 10.6. The molecule has 0 aliphatic heterocycles. The van der Waals surface area contributed by atoms with Crippen molar-refractivity contribution in [1.29, 1.82) is 0 Å². The van der Waals surface area contributed by atoms with Crippen LogP contribution in [0.3, 0.4) is 0 Å². The van der Waals surface area contributed by atoms with E-state index in [2.05, 4.69) is 22.2 Å². The predicted molar refractivity (Wildman–Crippen MR) is 116 cm³/mol. The van der Waals surface area contributed by atoms with Crippen LogP contribution in [0.5, 0.6) is 0 Å². The van der Waals surface area contributed by atoms with Crippen LogP contribution in [0, 0.1) is 20.8 Å². The lowest BCUT2D eigenvalue weighted by Crippen LogP contribution is -2.31. The number of thiazole rings is 1. The predicted octanol–water partition coefficient (Wildman–Crippen LogP) is 4.25. The molecule has 1 atom stereocenters. The van der Waals surface area contributed by atoms with Crippen LogP contribution in [0.15, 0.2) is 24.4 Å². The minimum absolute atomic E-state index is 0.564. The molecule has 29 heavy (non-hydrogen) atoms. The van der Waals surface area contributed by atoms with Gasteiger partial charge in [0.15, 0.2) is 5.60 Å². The Bertz CT molecular complexity index is 1230. The Morgan fingerprint density at radius 2 is 1.97 bits per heavy atom. The molecule has 3 aromatic heterocycles. The van der Waals surface area contributed by atoms with Crippen LogP contribution in [0.1, 0.15) is 45.0 Å². The van der Waals surface area contributed by atoms with Crippen molar-refractivity contribution in [3.05, 3.63) is 67.5 Å². The maximum Gasteiger partial charge on any atom is 0.169 e. The minimum atomic E-state index is -1.46. The molecular formula is C21H22ClN5OS. The van der Waals surface area contributed by atoms with E-state index in [0.717, 1.165) is 44.2 Å². The van der Waals surface area contributed by atoms with E-state index in [9.17, 15) is 5.11 Å². The molecule has 1 N–H and O–H groups in total. The Morgan fingerprint density at radius 1 is 1.21 bits per heavy atom. The van der Waals surface area contributed by atoms with Crippen LogP contribution in [-0.2, 0) is 19.1 Å². The van der Waals surface area contributed by atoms with Crippen molar-refractivity contribution >= 4 is 33.8 Å². The molecule has 0 fully saturated rings. The highest BCUT2D eigenvalue weighted by molar-refractivity contribution is 7.11. The summed E-state index contributed by atoms with van der Waals surface area (Å²) in [6.45, 7) is 7.88. The fourth-order valence-electron chi connectivity index (χ4n) is 3.82. The van der Waals surface area contributed by atoms with Gasteiger partial charge in [0.25, 0.3) is 0 Å². The SMILES string of the molecule is CCc1nc2ccc(C(O)(c3sc(C)nc3C)c3cnnn3C)cc2c(Cl)c1C. The average molecular weight is 428 g/mol. The summed E-state index contributed by atoms with van der Waals surface area (Å²) in [7, 11) is 1.77. The van der Waals surface area contributed by atoms with E-state index in [0.29, 0.717) is 16.3 Å². The number of pyridine rings is 1. The van der Waals surface area contributed by atoms with Gasteiger partial charge in [0.1, 0.15) is 5.69 Å². The second-order valence-corrected chi connectivity index (χ2v) is 8.76. The molecule has 3 heterocycles. The molecule has 0 aliphatic rings. The molecule has 0 bridgehead atoms. The van der Waals surface area contributed by atoms with Gasteiger partial charge in [0, 0.05) is 18.1 Å². The van der Waals surface area contributed by atoms with Crippen LogP contribution < -0.4 is 0 Å². The second-order valence-electron chi connectivity index (χ2n) is 7.18. The first-order valence-electron chi connectivity index (χ1n) is 9.38. The molecule has 4 rings (SSSR count). The zero-order valence-corrected chi connectivity index (χ0v) is 18.6. The Kier molecular flexibility index (Phi) is 4.93. The van der Waals surface area contributed by atoms with Gasteiger partial charge in [-0.05, 0) is 50.5 Å². The number of aliphatic hydroxyl groups is 1. The summed E-state index contributed by atoms with van der Waals surface area (Å²) < 4.78 is 1.59. The van der Waals surface area contributed by atoms with Crippen LogP contribution in [0.4, 0.5) is 0 Å². The lowest BCUT2D eigenvalue weighted by atomic mass is 9.87. The van der Waals surface area contributed by atoms with Crippen molar-refractivity contribution < 1.29 is 5.11 Å². The molecule has 1 unspecified atom stereocenters. The fourth-order valence-corrected chi connectivity index (χ4v) is 5.12. The third kappa shape index (κ3) is 3.04. The summed E-state index contributed by atoms with van der Waals surface area (Å²) in [6, 6.07) is 5.72. The van der Waals surface area contributed by atoms with Crippen molar-refractivity contribution in [3.8, 4) is 0 Å². The van der Waals surface area contributed by atoms with E-state index in [-0.39, 0.29) is 0 Å². The van der Waals surface area contributed by atoms with E-state index < -0.39 is 5.60 Å². The van der Waals surface area contributed by atoms with E-state index in [4.69, 9.17) is 16.6 Å². The topological polar surface area (TPSA) is 76.7 Å². The summed E-state index contributed by atoms with van der Waals surface area (Å²) in [5, 5.41) is 22.5. The van der Waals surface area contributed by atoms with Crippen LogP contribution in [0.25, 0.3) is 10.9 Å². The van der Waals surface area contributed by atoms with Gasteiger partial charge in [0.2, 0.25) is 0 Å². The summed E-state index contributed by atoms with van der Waals surface area (Å²) in [6.07, 6.45) is 2.40. The number of fused-ring (bicyclic) bond motifs is 1. The Balaban J connectivity index is 2.04. The van der Waals surface area contributed by atoms with Gasteiger partial charge in [-0.25, -0.2) is 9.67 Å². The largest absolute Gasteiger partial charge is 0.374 e. The van der Waals surface area contributed by atoms with Gasteiger partial charge in [0.05, 0.1) is 32.3 Å². The summed E-state index contributed by atoms with van der Waals surface area (Å²) in [5.41, 5.74) is 3.32. The van der Waals surface area contributed by atoms with Crippen molar-refractivity contribution in [2.24, 2.45) is 7.05 Å². The third-order valence-corrected chi connectivity index (χ3v) is 6.99. The minimum Gasteiger partial charge on any atom is -0.374 e. The van der Waals surface area contributed by atoms with Gasteiger partial charge in [-0.15, -0.1) is 16.4 Å². The van der Waals surface area contributed by atoms with Crippen molar-refractivity contribution in [2.45, 2.75) is 39.7 Å². The molecule has 6 nitrogen and oxygen atoms in total. The monoisotopic (exact) mass is 427 g/mol. The van der Waals surface area contributed by atoms with Gasteiger partial charge in [-0.2, -0.15) is 0 Å². The van der Waals surface area contributed by atoms with Gasteiger partial charge in [-0.3, -0.25) is 4.98 Å². The zero-order chi connectivity index (χ0) is 20.9. The normalized spacial score (nSPS) is 13.8. The molecule has 0 spiro atoms. The number of aryl methyl sites for hydroxylation is 4. The third-order valence-electron chi connectivity index (χ3n) is 5.32. The van der Waals surface area contributed by atoms with Crippen LogP contribution >= 0.6 is 22.9 Å². The lowest BCUT2D eigenvalue weighted by Gasteiger charge is -2.28. The first-order chi connectivity index (χ1) is 13.8. The Hall–Kier alpha value is -2.35. The molecule has 0 saturated carbocycles. The van der Waals surface area contributed by atoms with E-state index in [1.54, 1.807) is 17.9 Å². The number of rotatable bonds is 4. The summed E-state index contributed by atoms with van der Waals surface area (Å²) in [4.78, 5) is 10.0. The summed E-state index contributed by atoms with van der Waals surface area (Å²) in [5.74, 6) is 0. The fraction of sp³-hybridized carbons (Fsp3) is 0.333. The molecule has 0 radical (unpaired) electrons. The highest BCUT2D eigenvalue weighted by atomic mass is 35.5. The maximum absolute atomic E-state index is 12.1. The van der Waals surface area contributed by atoms with Crippen molar-refractivity contribution in [3.63, 3.8) is 0 Å². The molecular weight excluding hydrogens is 406 g/mol. The summed E-state index contributed by atoms with van der Waals surface area (Å²) >= 11 is 8.17. The number of hydrogen-bond acceptors (Lipinski definition) is 6. The van der Waals surface area contributed by atoms with Crippen molar-refractivity contribution in [1.82, 2.24) is 25.0 Å². The van der Waals surface area contributed by atoms with Crippen LogP contribution in [-0.4, -0.2) is 30.1 Å². The van der Waals surface area contributed by atoms with Crippen molar-refractivity contribution in [2.75, 3.05) is 0 Å². The maximum atomic E-state index is 12.1. The number of nitrogens with zero attached hydrogens (tertiary/aromatic N) is 5. The van der Waals surface area contributed by atoms with Gasteiger partial charge < -0.3 is 5.11 Å². The van der Waals surface area contributed by atoms with Gasteiger partial charge in [-0.1, -0.05) is 29.8 Å². The molecule has 8 heteroatoms. The Morgan fingerprint density at radius 3 is 2.55 bits per heavy atom. The molecule has 0 saturated heterocycles.